The van der Waals surface area contributed by atoms with Gasteiger partial charge in [0.1, 0.15) is 5.69 Å². The van der Waals surface area contributed by atoms with Crippen molar-refractivity contribution in [3.8, 4) is 11.4 Å². The second-order valence-corrected chi connectivity index (χ2v) is 5.84. The zero-order valence-corrected chi connectivity index (χ0v) is 13.0. The summed E-state index contributed by atoms with van der Waals surface area (Å²) in [4.78, 5) is 18.5. The molecule has 1 fully saturated rings. The molecule has 3 heterocycles. The van der Waals surface area contributed by atoms with E-state index in [0.29, 0.717) is 24.4 Å². The fourth-order valence-corrected chi connectivity index (χ4v) is 2.70. The normalized spacial score (nSPS) is 22.0. The number of hydrogen-bond acceptors (Lipinski definition) is 6. The first-order valence-corrected chi connectivity index (χ1v) is 7.65. The average Bonchev–Trinajstić information content (AvgIpc) is 3.05. The average molecular weight is 316 g/mol. The molecule has 2 aromatic rings. The number of carbonyl (C=O) groups excluding carboxylic acids is 1. The molecular formula is C16H20N4O3. The molecule has 2 N–H and O–H groups in total. The molecule has 7 heteroatoms. The minimum absolute atomic E-state index is 0.167. The fourth-order valence-electron chi connectivity index (χ4n) is 2.70. The van der Waals surface area contributed by atoms with Gasteiger partial charge in [-0.1, -0.05) is 11.2 Å². The van der Waals surface area contributed by atoms with Crippen molar-refractivity contribution in [2.75, 3.05) is 20.1 Å². The van der Waals surface area contributed by atoms with Gasteiger partial charge in [-0.15, -0.1) is 0 Å². The third-order valence-electron chi connectivity index (χ3n) is 4.04. The fraction of sp³-hybridized carbons (Fsp3) is 0.438. The van der Waals surface area contributed by atoms with Crippen LogP contribution in [0, 0.1) is 5.92 Å². The van der Waals surface area contributed by atoms with Gasteiger partial charge in [0.2, 0.25) is 5.91 Å². The molecule has 0 bridgehead atoms. The number of amides is 1. The Morgan fingerprint density at radius 1 is 1.48 bits per heavy atom. The maximum Gasteiger partial charge on any atom is 0.227 e. The lowest BCUT2D eigenvalue weighted by Gasteiger charge is -2.32. The Balaban J connectivity index is 1.58. The van der Waals surface area contributed by atoms with Crippen molar-refractivity contribution in [2.45, 2.75) is 19.1 Å². The van der Waals surface area contributed by atoms with Crippen LogP contribution in [0.5, 0.6) is 0 Å². The SMILES string of the molecule is CN1CC[C@@H](O)[C@H](C(=O)NCc2cc(-c3ccccn3)no2)C1. The highest BCUT2D eigenvalue weighted by Gasteiger charge is 2.31. The third-order valence-corrected chi connectivity index (χ3v) is 4.04. The van der Waals surface area contributed by atoms with Crippen molar-refractivity contribution in [3.63, 3.8) is 0 Å². The molecule has 0 spiro atoms. The van der Waals surface area contributed by atoms with E-state index < -0.39 is 12.0 Å². The highest BCUT2D eigenvalue weighted by atomic mass is 16.5. The molecule has 0 aliphatic carbocycles. The number of hydrogen-bond donors (Lipinski definition) is 2. The van der Waals surface area contributed by atoms with Gasteiger partial charge in [0.15, 0.2) is 5.76 Å². The first-order chi connectivity index (χ1) is 11.1. The molecule has 0 radical (unpaired) electrons. The molecule has 2 aromatic heterocycles. The van der Waals surface area contributed by atoms with Crippen LogP contribution in [0.15, 0.2) is 35.0 Å². The summed E-state index contributed by atoms with van der Waals surface area (Å²) in [5.74, 6) is -0.0237. The van der Waals surface area contributed by atoms with Crippen molar-refractivity contribution >= 4 is 5.91 Å². The van der Waals surface area contributed by atoms with Gasteiger partial charge in [-0.05, 0) is 25.6 Å². The first kappa shape index (κ1) is 15.6. The molecule has 1 amide bonds. The molecule has 3 rings (SSSR count). The van der Waals surface area contributed by atoms with Gasteiger partial charge in [0, 0.05) is 25.4 Å². The Morgan fingerprint density at radius 3 is 3.13 bits per heavy atom. The molecule has 2 atom stereocenters. The van der Waals surface area contributed by atoms with Gasteiger partial charge in [-0.3, -0.25) is 9.78 Å². The number of aliphatic hydroxyl groups excluding tert-OH is 1. The number of nitrogens with zero attached hydrogens (tertiary/aromatic N) is 3. The highest BCUT2D eigenvalue weighted by molar-refractivity contribution is 5.79. The van der Waals surface area contributed by atoms with Crippen LogP contribution in [-0.4, -0.2) is 52.3 Å². The zero-order chi connectivity index (χ0) is 16.2. The van der Waals surface area contributed by atoms with Crippen LogP contribution < -0.4 is 5.32 Å². The number of likely N-dealkylation sites (tertiary alicyclic amines) is 1. The molecule has 7 nitrogen and oxygen atoms in total. The number of aliphatic hydroxyl groups is 1. The Morgan fingerprint density at radius 2 is 2.35 bits per heavy atom. The number of carbonyl (C=O) groups is 1. The van der Waals surface area contributed by atoms with E-state index in [1.165, 1.54) is 0 Å². The molecule has 1 saturated heterocycles. The molecule has 23 heavy (non-hydrogen) atoms. The Kier molecular flexibility index (Phi) is 4.68. The van der Waals surface area contributed by atoms with E-state index in [4.69, 9.17) is 4.52 Å². The topological polar surface area (TPSA) is 91.5 Å². The summed E-state index contributed by atoms with van der Waals surface area (Å²) in [6.07, 6.45) is 1.71. The summed E-state index contributed by atoms with van der Waals surface area (Å²) in [7, 11) is 1.95. The quantitative estimate of drug-likeness (QED) is 0.861. The lowest BCUT2D eigenvalue weighted by Crippen LogP contribution is -2.48. The zero-order valence-electron chi connectivity index (χ0n) is 13.0. The van der Waals surface area contributed by atoms with E-state index in [1.54, 1.807) is 12.3 Å². The molecule has 1 aliphatic heterocycles. The second kappa shape index (κ2) is 6.89. The minimum Gasteiger partial charge on any atom is -0.392 e. The number of aromatic nitrogens is 2. The summed E-state index contributed by atoms with van der Waals surface area (Å²) in [5.41, 5.74) is 1.35. The van der Waals surface area contributed by atoms with Gasteiger partial charge in [-0.2, -0.15) is 0 Å². The van der Waals surface area contributed by atoms with Crippen LogP contribution >= 0.6 is 0 Å². The van der Waals surface area contributed by atoms with Crippen molar-refractivity contribution in [2.24, 2.45) is 5.92 Å². The summed E-state index contributed by atoms with van der Waals surface area (Å²) in [5, 5.41) is 16.7. The lowest BCUT2D eigenvalue weighted by molar-refractivity contribution is -0.131. The number of rotatable bonds is 4. The number of pyridine rings is 1. The van der Waals surface area contributed by atoms with Crippen LogP contribution in [0.2, 0.25) is 0 Å². The van der Waals surface area contributed by atoms with Crippen molar-refractivity contribution in [3.05, 3.63) is 36.2 Å². The van der Waals surface area contributed by atoms with Gasteiger partial charge in [-0.25, -0.2) is 0 Å². The standard InChI is InChI=1S/C16H20N4O3/c1-20-7-5-15(21)12(10-20)16(22)18-9-11-8-14(19-23-11)13-4-2-3-6-17-13/h2-4,6,8,12,15,21H,5,7,9-10H2,1H3,(H,18,22)/t12-,15-/m1/s1. The van der Waals surface area contributed by atoms with E-state index in [2.05, 4.69) is 15.5 Å². The summed E-state index contributed by atoms with van der Waals surface area (Å²) < 4.78 is 5.23. The van der Waals surface area contributed by atoms with E-state index in [-0.39, 0.29) is 12.5 Å². The Labute approximate surface area is 134 Å². The van der Waals surface area contributed by atoms with Crippen LogP contribution in [0.3, 0.4) is 0 Å². The largest absolute Gasteiger partial charge is 0.392 e. The minimum atomic E-state index is -0.593. The molecule has 0 saturated carbocycles. The van der Waals surface area contributed by atoms with Gasteiger partial charge in [0.25, 0.3) is 0 Å². The van der Waals surface area contributed by atoms with Gasteiger partial charge >= 0.3 is 0 Å². The van der Waals surface area contributed by atoms with Crippen molar-refractivity contribution in [1.29, 1.82) is 0 Å². The van der Waals surface area contributed by atoms with E-state index in [1.807, 2.05) is 30.1 Å². The monoisotopic (exact) mass is 316 g/mol. The van der Waals surface area contributed by atoms with Crippen molar-refractivity contribution in [1.82, 2.24) is 20.4 Å². The first-order valence-electron chi connectivity index (χ1n) is 7.65. The van der Waals surface area contributed by atoms with Crippen molar-refractivity contribution < 1.29 is 14.4 Å². The maximum atomic E-state index is 12.2. The van der Waals surface area contributed by atoms with E-state index in [9.17, 15) is 9.90 Å². The molecule has 1 aliphatic rings. The van der Waals surface area contributed by atoms with Gasteiger partial charge in [0.05, 0.1) is 24.3 Å². The molecular weight excluding hydrogens is 296 g/mol. The Hall–Kier alpha value is -2.25. The van der Waals surface area contributed by atoms with Crippen LogP contribution in [-0.2, 0) is 11.3 Å². The summed E-state index contributed by atoms with van der Waals surface area (Å²) >= 11 is 0. The summed E-state index contributed by atoms with van der Waals surface area (Å²) in [6, 6.07) is 7.30. The van der Waals surface area contributed by atoms with E-state index in [0.717, 1.165) is 12.2 Å². The lowest BCUT2D eigenvalue weighted by atomic mass is 9.94. The molecule has 0 unspecified atom stereocenters. The summed E-state index contributed by atoms with van der Waals surface area (Å²) in [6.45, 7) is 1.61. The van der Waals surface area contributed by atoms with Crippen LogP contribution in [0.25, 0.3) is 11.4 Å². The highest BCUT2D eigenvalue weighted by Crippen LogP contribution is 2.18. The van der Waals surface area contributed by atoms with Crippen LogP contribution in [0.1, 0.15) is 12.2 Å². The maximum absolute atomic E-state index is 12.2. The smallest absolute Gasteiger partial charge is 0.227 e. The predicted octanol–water partition coefficient (Wildman–Crippen LogP) is 0.665. The predicted molar refractivity (Wildman–Crippen MR) is 83.2 cm³/mol. The molecule has 122 valence electrons. The van der Waals surface area contributed by atoms with Crippen LogP contribution in [0.4, 0.5) is 0 Å². The molecule has 0 aromatic carbocycles. The second-order valence-electron chi connectivity index (χ2n) is 5.84. The number of nitrogens with one attached hydrogen (secondary N) is 1. The van der Waals surface area contributed by atoms with Gasteiger partial charge < -0.3 is 19.8 Å². The number of piperidine rings is 1. The third kappa shape index (κ3) is 3.75. The van der Waals surface area contributed by atoms with E-state index >= 15 is 0 Å². The Bertz CT molecular complexity index is 658.